The van der Waals surface area contributed by atoms with Crippen molar-refractivity contribution in [3.8, 4) is 17.2 Å². The summed E-state index contributed by atoms with van der Waals surface area (Å²) in [5.74, 6) is -0.214. The molecule has 274 valence electrons. The lowest BCUT2D eigenvalue weighted by Gasteiger charge is -2.36. The number of ether oxygens (including phenoxy) is 3. The number of nitrogens with one attached hydrogen (secondary N) is 1. The van der Waals surface area contributed by atoms with Crippen LogP contribution in [-0.4, -0.2) is 106 Å². The summed E-state index contributed by atoms with van der Waals surface area (Å²) >= 11 is 0. The van der Waals surface area contributed by atoms with Gasteiger partial charge in [0.05, 0.1) is 38.1 Å². The van der Waals surface area contributed by atoms with Gasteiger partial charge in [0.25, 0.3) is 5.91 Å². The summed E-state index contributed by atoms with van der Waals surface area (Å²) in [5, 5.41) is 3.58. The van der Waals surface area contributed by atoms with Crippen molar-refractivity contribution >= 4 is 32.7 Å². The number of hydrogen-bond donors (Lipinski definition) is 1. The Hall–Kier alpha value is -4.43. The zero-order chi connectivity index (χ0) is 36.3. The fourth-order valence-corrected chi connectivity index (χ4v) is 7.88. The van der Waals surface area contributed by atoms with E-state index in [4.69, 9.17) is 19.2 Å². The smallest absolute Gasteiger partial charge is 0.254 e. The number of carbonyl (C=O) groups is 1. The minimum Gasteiger partial charge on any atom is -0.493 e. The van der Waals surface area contributed by atoms with Crippen molar-refractivity contribution in [1.29, 1.82) is 0 Å². The van der Waals surface area contributed by atoms with Gasteiger partial charge in [0.2, 0.25) is 11.7 Å². The molecule has 1 atom stereocenters. The first-order valence-corrected chi connectivity index (χ1v) is 19.2. The molecule has 1 unspecified atom stereocenters. The van der Waals surface area contributed by atoms with Crippen molar-refractivity contribution in [1.82, 2.24) is 19.4 Å². The molecular formula is C37H45F2N5O6S. The second-order valence-electron chi connectivity index (χ2n) is 13.5. The van der Waals surface area contributed by atoms with Gasteiger partial charge in [0.1, 0.15) is 9.84 Å². The van der Waals surface area contributed by atoms with Gasteiger partial charge in [-0.1, -0.05) is 18.2 Å². The Morgan fingerprint density at radius 2 is 1.65 bits per heavy atom. The molecule has 0 aliphatic carbocycles. The molecule has 2 saturated heterocycles. The molecule has 3 aromatic carbocycles. The van der Waals surface area contributed by atoms with Gasteiger partial charge < -0.3 is 33.9 Å². The molecular weight excluding hydrogens is 680 g/mol. The Morgan fingerprint density at radius 3 is 2.29 bits per heavy atom. The Labute approximate surface area is 297 Å². The molecule has 1 amide bonds. The molecule has 0 spiro atoms. The number of rotatable bonds is 13. The lowest BCUT2D eigenvalue weighted by molar-refractivity contribution is 0.0779. The highest BCUT2D eigenvalue weighted by molar-refractivity contribution is 7.90. The number of benzene rings is 3. The molecule has 14 heteroatoms. The predicted octanol–water partition coefficient (Wildman–Crippen LogP) is 5.14. The Balaban J connectivity index is 1.14. The zero-order valence-corrected chi connectivity index (χ0v) is 30.3. The molecule has 11 nitrogen and oxygen atoms in total. The number of imidazole rings is 1. The van der Waals surface area contributed by atoms with E-state index >= 15 is 0 Å². The molecule has 0 bridgehead atoms. The van der Waals surface area contributed by atoms with Crippen molar-refractivity contribution in [3.63, 3.8) is 0 Å². The average Bonchev–Trinajstić information content (AvgIpc) is 3.72. The van der Waals surface area contributed by atoms with Gasteiger partial charge in [-0.2, -0.15) is 0 Å². The standard InChI is InChI=1S/C37H45F2N5O6S/c1-48-32-21-25(22-33(49-2)34(32)50-3)35(45)43-18-14-37(24-43,26-9-10-28(38)29(39)23-26)13-17-42-15-11-27(12-16-42)40-36-41-30-7-5-6-8-31(30)44(36)19-20-51(4,46)47/h5-10,21-23,27H,11-20,24H2,1-4H3,(H,40,41). The summed E-state index contributed by atoms with van der Waals surface area (Å²) in [6.07, 6.45) is 4.17. The van der Waals surface area contributed by atoms with Crippen LogP contribution < -0.4 is 19.5 Å². The van der Waals surface area contributed by atoms with Crippen molar-refractivity contribution in [2.75, 3.05) is 71.4 Å². The number of fused-ring (bicyclic) bond motifs is 1. The number of anilines is 1. The highest BCUT2D eigenvalue weighted by atomic mass is 32.2. The number of nitrogens with zero attached hydrogens (tertiary/aromatic N) is 4. The van der Waals surface area contributed by atoms with Crippen LogP contribution in [0.3, 0.4) is 0 Å². The summed E-state index contributed by atoms with van der Waals surface area (Å²) in [4.78, 5) is 22.8. The summed E-state index contributed by atoms with van der Waals surface area (Å²) < 4.78 is 70.9. The van der Waals surface area contributed by atoms with Crippen LogP contribution in [0.1, 0.15) is 41.6 Å². The molecule has 2 aliphatic rings. The van der Waals surface area contributed by atoms with Crippen molar-refractivity contribution in [2.24, 2.45) is 0 Å². The number of hydrogen-bond acceptors (Lipinski definition) is 9. The van der Waals surface area contributed by atoms with Crippen molar-refractivity contribution < 1.29 is 36.2 Å². The van der Waals surface area contributed by atoms with Crippen LogP contribution in [0, 0.1) is 11.6 Å². The first-order chi connectivity index (χ1) is 24.4. The molecule has 0 saturated carbocycles. The lowest BCUT2D eigenvalue weighted by atomic mass is 9.76. The highest BCUT2D eigenvalue weighted by Gasteiger charge is 2.42. The Kier molecular flexibility index (Phi) is 10.7. The number of sulfone groups is 1. The predicted molar refractivity (Wildman–Crippen MR) is 192 cm³/mol. The summed E-state index contributed by atoms with van der Waals surface area (Å²) in [6, 6.07) is 15.2. The van der Waals surface area contributed by atoms with Gasteiger partial charge in [-0.05, 0) is 74.2 Å². The van der Waals surface area contributed by atoms with E-state index in [1.807, 2.05) is 28.8 Å². The first-order valence-electron chi connectivity index (χ1n) is 17.1. The summed E-state index contributed by atoms with van der Waals surface area (Å²) in [6.45, 7) is 3.43. The van der Waals surface area contributed by atoms with Crippen LogP contribution in [0.5, 0.6) is 17.2 Å². The minimum atomic E-state index is -3.16. The van der Waals surface area contributed by atoms with Crippen LogP contribution >= 0.6 is 0 Å². The molecule has 2 aliphatic heterocycles. The minimum absolute atomic E-state index is 0.0195. The third-order valence-corrected chi connectivity index (χ3v) is 11.2. The van der Waals surface area contributed by atoms with Gasteiger partial charge >= 0.3 is 0 Å². The molecule has 51 heavy (non-hydrogen) atoms. The second-order valence-corrected chi connectivity index (χ2v) is 15.8. The van der Waals surface area contributed by atoms with E-state index in [1.54, 1.807) is 23.1 Å². The number of aryl methyl sites for hydroxylation is 1. The Morgan fingerprint density at radius 1 is 0.941 bits per heavy atom. The molecule has 4 aromatic rings. The second kappa shape index (κ2) is 15.0. The molecule has 3 heterocycles. The summed E-state index contributed by atoms with van der Waals surface area (Å²) in [7, 11) is 1.33. The maximum absolute atomic E-state index is 14.6. The van der Waals surface area contributed by atoms with E-state index in [1.165, 1.54) is 33.7 Å². The maximum atomic E-state index is 14.6. The van der Waals surface area contributed by atoms with Crippen LogP contribution in [0.2, 0.25) is 0 Å². The normalized spacial score (nSPS) is 18.7. The van der Waals surface area contributed by atoms with Gasteiger partial charge in [-0.3, -0.25) is 4.79 Å². The van der Waals surface area contributed by atoms with Crippen molar-refractivity contribution in [3.05, 3.63) is 77.4 Å². The van der Waals surface area contributed by atoms with Gasteiger partial charge in [0, 0.05) is 56.0 Å². The fourth-order valence-electron chi connectivity index (χ4n) is 7.37. The number of para-hydroxylation sites is 2. The number of methoxy groups -OCH3 is 3. The van der Waals surface area contributed by atoms with Gasteiger partial charge in [-0.25, -0.2) is 22.2 Å². The highest BCUT2D eigenvalue weighted by Crippen LogP contribution is 2.42. The third kappa shape index (κ3) is 7.91. The third-order valence-electron chi connectivity index (χ3n) is 10.3. The first kappa shape index (κ1) is 36.4. The quantitative estimate of drug-likeness (QED) is 0.200. The van der Waals surface area contributed by atoms with E-state index in [0.717, 1.165) is 43.0 Å². The van der Waals surface area contributed by atoms with Crippen LogP contribution in [0.4, 0.5) is 14.7 Å². The van der Waals surface area contributed by atoms with Crippen LogP contribution in [0.25, 0.3) is 11.0 Å². The van der Waals surface area contributed by atoms with E-state index < -0.39 is 26.9 Å². The fraction of sp³-hybridized carbons (Fsp3) is 0.459. The number of halogens is 2. The van der Waals surface area contributed by atoms with E-state index in [0.29, 0.717) is 73.3 Å². The SMILES string of the molecule is COc1cc(C(=O)N2CCC(CCN3CCC(Nc4nc5ccccc5n4CCS(C)(=O)=O)CC3)(c3ccc(F)c(F)c3)C2)cc(OC)c1OC. The number of piperidine rings is 1. The van der Waals surface area contributed by atoms with E-state index in [9.17, 15) is 22.0 Å². The van der Waals surface area contributed by atoms with E-state index in [2.05, 4.69) is 10.2 Å². The summed E-state index contributed by atoms with van der Waals surface area (Å²) in [5.41, 5.74) is 2.17. The van der Waals surface area contributed by atoms with E-state index in [-0.39, 0.29) is 17.7 Å². The number of carbonyl (C=O) groups excluding carboxylic acids is 1. The van der Waals surface area contributed by atoms with Gasteiger partial charge in [0.15, 0.2) is 23.1 Å². The molecule has 6 rings (SSSR count). The van der Waals surface area contributed by atoms with Crippen LogP contribution in [0.15, 0.2) is 54.6 Å². The molecule has 1 N–H and O–H groups in total. The van der Waals surface area contributed by atoms with Crippen LogP contribution in [-0.2, 0) is 21.8 Å². The Bertz CT molecular complexity index is 1970. The number of likely N-dealkylation sites (tertiary alicyclic amines) is 2. The van der Waals surface area contributed by atoms with Gasteiger partial charge in [-0.15, -0.1) is 0 Å². The largest absolute Gasteiger partial charge is 0.493 e. The number of amides is 1. The molecule has 0 radical (unpaired) electrons. The maximum Gasteiger partial charge on any atom is 0.254 e. The lowest BCUT2D eigenvalue weighted by Crippen LogP contribution is -2.42. The zero-order valence-electron chi connectivity index (χ0n) is 29.5. The molecule has 2 fully saturated rings. The van der Waals surface area contributed by atoms with Crippen molar-refractivity contribution in [2.45, 2.75) is 43.7 Å². The average molecular weight is 726 g/mol. The number of aromatic nitrogens is 2. The monoisotopic (exact) mass is 725 g/mol. The molecule has 1 aromatic heterocycles. The topological polar surface area (TPSA) is 115 Å².